The lowest BCUT2D eigenvalue weighted by atomic mass is 10.3. The number of carboxylic acid groups (broad SMARTS) is 1. The number of rotatable bonds is 2. The lowest BCUT2D eigenvalue weighted by Gasteiger charge is -2.25. The summed E-state index contributed by atoms with van der Waals surface area (Å²) in [5.41, 5.74) is 0.619. The number of carbonyl (C=O) groups is 2. The molecule has 0 radical (unpaired) electrons. The third kappa shape index (κ3) is 3.32. The van der Waals surface area contributed by atoms with Gasteiger partial charge in [-0.1, -0.05) is 11.6 Å². The molecule has 1 aromatic carbocycles. The lowest BCUT2D eigenvalue weighted by molar-refractivity contribution is -0.141. The van der Waals surface area contributed by atoms with Crippen molar-refractivity contribution in [3.8, 4) is 0 Å². The van der Waals surface area contributed by atoms with E-state index in [9.17, 15) is 9.59 Å². The number of hydrogen-bond donors (Lipinski definition) is 2. The first-order valence-corrected chi connectivity index (χ1v) is 8.29. The van der Waals surface area contributed by atoms with Gasteiger partial charge >= 0.3 is 12.0 Å². The van der Waals surface area contributed by atoms with Crippen molar-refractivity contribution in [3.05, 3.63) is 26.8 Å². The van der Waals surface area contributed by atoms with E-state index in [1.165, 1.54) is 16.7 Å². The van der Waals surface area contributed by atoms with Gasteiger partial charge < -0.3 is 10.4 Å². The van der Waals surface area contributed by atoms with Crippen molar-refractivity contribution in [2.24, 2.45) is 0 Å². The van der Waals surface area contributed by atoms with Gasteiger partial charge in [-0.05, 0) is 47.7 Å². The topological polar surface area (TPSA) is 69.6 Å². The smallest absolute Gasteiger partial charge is 0.327 e. The second-order valence-corrected chi connectivity index (χ2v) is 7.20. The van der Waals surface area contributed by atoms with Gasteiger partial charge in [0, 0.05) is 14.3 Å². The average molecular weight is 427 g/mol. The Morgan fingerprint density at radius 1 is 1.55 bits per heavy atom. The molecule has 2 atom stereocenters. The predicted octanol–water partition coefficient (Wildman–Crippen LogP) is 3.32. The van der Waals surface area contributed by atoms with Crippen molar-refractivity contribution >= 4 is 63.6 Å². The molecule has 0 saturated carbocycles. The molecular weight excluding hydrogens is 415 g/mol. The molecule has 5 nitrogen and oxygen atoms in total. The summed E-state index contributed by atoms with van der Waals surface area (Å²) in [5.74, 6) is -0.579. The van der Waals surface area contributed by atoms with E-state index in [0.717, 1.165) is 3.57 Å². The number of halogens is 2. The Kier molecular flexibility index (Phi) is 5.03. The number of anilines is 1. The summed E-state index contributed by atoms with van der Waals surface area (Å²) in [4.78, 5) is 24.8. The zero-order valence-electron chi connectivity index (χ0n) is 10.5. The van der Waals surface area contributed by atoms with Gasteiger partial charge in [-0.2, -0.15) is 0 Å². The van der Waals surface area contributed by atoms with Crippen LogP contribution in [0.25, 0.3) is 0 Å². The number of amides is 2. The van der Waals surface area contributed by atoms with Gasteiger partial charge in [-0.15, -0.1) is 11.8 Å². The van der Waals surface area contributed by atoms with Gasteiger partial charge in [0.2, 0.25) is 0 Å². The molecule has 0 bridgehead atoms. The van der Waals surface area contributed by atoms with Gasteiger partial charge in [0.05, 0.1) is 11.1 Å². The number of hydrogen-bond acceptors (Lipinski definition) is 3. The van der Waals surface area contributed by atoms with Crippen LogP contribution in [-0.2, 0) is 4.79 Å². The quantitative estimate of drug-likeness (QED) is 0.712. The molecule has 2 N–H and O–H groups in total. The SMILES string of the molecule is CC1SCC(C(=O)O)N1C(=O)Nc1ccc(Cl)cc1I. The van der Waals surface area contributed by atoms with Crippen molar-refractivity contribution in [1.82, 2.24) is 4.90 Å². The maximum Gasteiger partial charge on any atom is 0.327 e. The highest BCUT2D eigenvalue weighted by Gasteiger charge is 2.39. The molecular formula is C12H12ClIN2O3S. The van der Waals surface area contributed by atoms with Gasteiger partial charge in [0.15, 0.2) is 0 Å². The fraction of sp³-hybridized carbons (Fsp3) is 0.333. The summed E-state index contributed by atoms with van der Waals surface area (Å²) >= 11 is 9.38. The molecule has 108 valence electrons. The van der Waals surface area contributed by atoms with Crippen LogP contribution in [0.3, 0.4) is 0 Å². The Balaban J connectivity index is 2.16. The fourth-order valence-corrected chi connectivity index (χ4v) is 4.09. The summed E-state index contributed by atoms with van der Waals surface area (Å²) in [7, 11) is 0. The van der Waals surface area contributed by atoms with Crippen molar-refractivity contribution in [2.75, 3.05) is 11.1 Å². The van der Waals surface area contributed by atoms with Crippen LogP contribution in [-0.4, -0.2) is 39.2 Å². The van der Waals surface area contributed by atoms with Crippen LogP contribution >= 0.6 is 46.0 Å². The number of carbonyl (C=O) groups excluding carboxylic acids is 1. The first-order valence-electron chi connectivity index (χ1n) is 5.79. The summed E-state index contributed by atoms with van der Waals surface area (Å²) in [6.45, 7) is 1.82. The summed E-state index contributed by atoms with van der Waals surface area (Å²) in [5, 5.41) is 12.3. The third-order valence-electron chi connectivity index (χ3n) is 2.92. The molecule has 2 unspecified atom stereocenters. The number of carboxylic acids is 1. The van der Waals surface area contributed by atoms with E-state index in [4.69, 9.17) is 16.7 Å². The first kappa shape index (κ1) is 15.7. The van der Waals surface area contributed by atoms with E-state index < -0.39 is 18.0 Å². The second kappa shape index (κ2) is 6.40. The van der Waals surface area contributed by atoms with Gasteiger partial charge in [0.25, 0.3) is 0 Å². The maximum atomic E-state index is 12.3. The molecule has 1 fully saturated rings. The minimum Gasteiger partial charge on any atom is -0.480 e. The second-order valence-electron chi connectivity index (χ2n) is 4.25. The van der Waals surface area contributed by atoms with Crippen molar-refractivity contribution < 1.29 is 14.7 Å². The van der Waals surface area contributed by atoms with Crippen molar-refractivity contribution in [1.29, 1.82) is 0 Å². The molecule has 0 aliphatic carbocycles. The molecule has 0 spiro atoms. The van der Waals surface area contributed by atoms with Crippen molar-refractivity contribution in [2.45, 2.75) is 18.3 Å². The molecule has 1 heterocycles. The van der Waals surface area contributed by atoms with E-state index in [-0.39, 0.29) is 5.37 Å². The van der Waals surface area contributed by atoms with E-state index >= 15 is 0 Å². The van der Waals surface area contributed by atoms with Crippen LogP contribution in [0.15, 0.2) is 18.2 Å². The van der Waals surface area contributed by atoms with Gasteiger partial charge in [0.1, 0.15) is 6.04 Å². The Morgan fingerprint density at radius 2 is 2.25 bits per heavy atom. The molecule has 1 saturated heterocycles. The monoisotopic (exact) mass is 426 g/mol. The summed E-state index contributed by atoms with van der Waals surface area (Å²) in [6, 6.07) is 3.91. The standard InChI is InChI=1S/C12H12ClIN2O3S/c1-6-16(10(5-20-6)11(17)18)12(19)15-9-3-2-7(13)4-8(9)14/h2-4,6,10H,5H2,1H3,(H,15,19)(H,17,18). The Bertz CT molecular complexity index is 558. The lowest BCUT2D eigenvalue weighted by Crippen LogP contribution is -2.46. The summed E-state index contributed by atoms with van der Waals surface area (Å²) in [6.07, 6.45) is 0. The van der Waals surface area contributed by atoms with Crippen LogP contribution < -0.4 is 5.32 Å². The predicted molar refractivity (Wildman–Crippen MR) is 88.4 cm³/mol. The highest BCUT2D eigenvalue weighted by Crippen LogP contribution is 2.30. The number of nitrogens with zero attached hydrogens (tertiary/aromatic N) is 1. The number of urea groups is 1. The van der Waals surface area contributed by atoms with E-state index in [0.29, 0.717) is 16.5 Å². The number of aliphatic carboxylic acids is 1. The molecule has 2 rings (SSSR count). The van der Waals surface area contributed by atoms with Gasteiger partial charge in [-0.25, -0.2) is 9.59 Å². The number of thioether (sulfide) groups is 1. The highest BCUT2D eigenvalue weighted by molar-refractivity contribution is 14.1. The van der Waals surface area contributed by atoms with E-state index in [1.54, 1.807) is 18.2 Å². The maximum absolute atomic E-state index is 12.3. The Hall–Kier alpha value is -0.670. The molecule has 8 heteroatoms. The molecule has 2 amide bonds. The van der Waals surface area contributed by atoms with Crippen molar-refractivity contribution in [3.63, 3.8) is 0 Å². The first-order chi connectivity index (χ1) is 9.40. The van der Waals surface area contributed by atoms with Crippen LogP contribution in [0, 0.1) is 3.57 Å². The molecule has 1 aliphatic rings. The zero-order valence-corrected chi connectivity index (χ0v) is 14.2. The van der Waals surface area contributed by atoms with Crippen LogP contribution in [0.5, 0.6) is 0 Å². The Morgan fingerprint density at radius 3 is 2.85 bits per heavy atom. The van der Waals surface area contributed by atoms with Crippen LogP contribution in [0.1, 0.15) is 6.92 Å². The Labute approximate surface area is 139 Å². The number of benzene rings is 1. The van der Waals surface area contributed by atoms with E-state index in [2.05, 4.69) is 27.9 Å². The van der Waals surface area contributed by atoms with Gasteiger partial charge in [-0.3, -0.25) is 4.90 Å². The number of nitrogens with one attached hydrogen (secondary N) is 1. The van der Waals surface area contributed by atoms with Crippen LogP contribution in [0.2, 0.25) is 5.02 Å². The van der Waals surface area contributed by atoms with E-state index in [1.807, 2.05) is 6.92 Å². The highest BCUT2D eigenvalue weighted by atomic mass is 127. The molecule has 1 aliphatic heterocycles. The average Bonchev–Trinajstić information content (AvgIpc) is 2.75. The minimum absolute atomic E-state index is 0.166. The largest absolute Gasteiger partial charge is 0.480 e. The molecule has 20 heavy (non-hydrogen) atoms. The normalized spacial score (nSPS) is 21.9. The zero-order chi connectivity index (χ0) is 14.9. The van der Waals surface area contributed by atoms with Crippen LogP contribution in [0.4, 0.5) is 10.5 Å². The minimum atomic E-state index is -0.984. The third-order valence-corrected chi connectivity index (χ3v) is 5.26. The fourth-order valence-electron chi connectivity index (χ4n) is 1.91. The molecule has 0 aromatic heterocycles. The summed E-state index contributed by atoms with van der Waals surface area (Å²) < 4.78 is 0.801. The molecule has 1 aromatic rings.